The lowest BCUT2D eigenvalue weighted by atomic mass is 10.0. The second-order valence-electron chi connectivity index (χ2n) is 7.74. The molecule has 2 heterocycles. The molecule has 11 heteroatoms. The first-order chi connectivity index (χ1) is 15.0. The summed E-state index contributed by atoms with van der Waals surface area (Å²) in [4.78, 5) is 34.6. The van der Waals surface area contributed by atoms with E-state index < -0.39 is 0 Å². The Bertz CT molecular complexity index is 537. The highest BCUT2D eigenvalue weighted by Gasteiger charge is 2.42. The van der Waals surface area contributed by atoms with E-state index in [0.29, 0.717) is 50.8 Å². The van der Waals surface area contributed by atoms with Gasteiger partial charge in [0.2, 0.25) is 11.8 Å². The molecule has 0 aliphatic carbocycles. The highest BCUT2D eigenvalue weighted by molar-refractivity contribution is 8.00. The van der Waals surface area contributed by atoms with Gasteiger partial charge >= 0.3 is 6.03 Å². The van der Waals surface area contributed by atoms with Crippen molar-refractivity contribution in [2.45, 2.75) is 68.7 Å². The Kier molecular flexibility index (Phi) is 15.1. The second kappa shape index (κ2) is 17.0. The van der Waals surface area contributed by atoms with Gasteiger partial charge in [-0.2, -0.15) is 11.8 Å². The van der Waals surface area contributed by atoms with Crippen molar-refractivity contribution >= 4 is 29.6 Å². The van der Waals surface area contributed by atoms with E-state index in [9.17, 15) is 14.4 Å². The average molecular weight is 460 g/mol. The van der Waals surface area contributed by atoms with Crippen LogP contribution in [0.5, 0.6) is 0 Å². The summed E-state index contributed by atoms with van der Waals surface area (Å²) in [5.41, 5.74) is 15.1. The predicted octanol–water partition coefficient (Wildman–Crippen LogP) is -0.632. The maximum absolute atomic E-state index is 11.9. The zero-order chi connectivity index (χ0) is 22.9. The Labute approximate surface area is 189 Å². The molecular weight excluding hydrogens is 418 g/mol. The van der Waals surface area contributed by atoms with Crippen LogP contribution < -0.4 is 38.5 Å². The number of hydrogen-bond acceptors (Lipinski definition) is 7. The largest absolute Gasteiger partial charge is 0.356 e. The molecule has 0 aromatic rings. The third kappa shape index (κ3) is 12.2. The molecule has 2 aliphatic rings. The van der Waals surface area contributed by atoms with Gasteiger partial charge in [-0.15, -0.1) is 0 Å². The first kappa shape index (κ1) is 27.5. The van der Waals surface area contributed by atoms with Gasteiger partial charge in [0.1, 0.15) is 0 Å². The molecule has 2 fully saturated rings. The van der Waals surface area contributed by atoms with E-state index in [4.69, 9.17) is 17.2 Å². The molecule has 3 atom stereocenters. The molecule has 2 saturated heterocycles. The summed E-state index contributed by atoms with van der Waals surface area (Å²) in [5, 5.41) is 12.1. The number of fused-ring (bicyclic) bond motifs is 1. The minimum absolute atomic E-state index is 0.0455. The van der Waals surface area contributed by atoms with Crippen LogP contribution in [0.3, 0.4) is 0 Å². The normalized spacial score (nSPS) is 21.4. The van der Waals surface area contributed by atoms with Gasteiger partial charge in [0, 0.05) is 56.6 Å². The fourth-order valence-electron chi connectivity index (χ4n) is 3.48. The van der Waals surface area contributed by atoms with Crippen LogP contribution in [0.25, 0.3) is 0 Å². The average Bonchev–Trinajstić information content (AvgIpc) is 3.31. The molecule has 2 rings (SSSR count). The van der Waals surface area contributed by atoms with Crippen LogP contribution in [0.2, 0.25) is 0 Å². The highest BCUT2D eigenvalue weighted by atomic mass is 32.2. The third-order valence-electron chi connectivity index (χ3n) is 5.12. The van der Waals surface area contributed by atoms with Crippen LogP contribution >= 0.6 is 11.8 Å². The fraction of sp³-hybridized carbons (Fsp3) is 0.850. The first-order valence-corrected chi connectivity index (χ1v) is 12.4. The summed E-state index contributed by atoms with van der Waals surface area (Å²) >= 11 is 1.91. The van der Waals surface area contributed by atoms with E-state index in [1.54, 1.807) is 0 Å². The summed E-state index contributed by atoms with van der Waals surface area (Å²) in [7, 11) is 0. The van der Waals surface area contributed by atoms with Gasteiger partial charge in [0.25, 0.3) is 0 Å². The van der Waals surface area contributed by atoms with Crippen molar-refractivity contribution in [3.63, 3.8) is 0 Å². The summed E-state index contributed by atoms with van der Waals surface area (Å²) in [6.07, 6.45) is 6.64. The second-order valence-corrected chi connectivity index (χ2v) is 9.02. The summed E-state index contributed by atoms with van der Waals surface area (Å²) in [5.74, 6) is 1.12. The van der Waals surface area contributed by atoms with Crippen molar-refractivity contribution in [2.24, 2.45) is 17.2 Å². The summed E-state index contributed by atoms with van der Waals surface area (Å²) in [6.45, 7) is 2.86. The maximum Gasteiger partial charge on any atom is 0.315 e. The molecule has 0 spiro atoms. The van der Waals surface area contributed by atoms with Crippen LogP contribution in [-0.2, 0) is 9.59 Å². The van der Waals surface area contributed by atoms with Crippen LogP contribution in [0, 0.1) is 0 Å². The zero-order valence-corrected chi connectivity index (χ0v) is 19.3. The van der Waals surface area contributed by atoms with Gasteiger partial charge in [-0.25, -0.2) is 4.79 Å². The topological polar surface area (TPSA) is 177 Å². The molecule has 10 nitrogen and oxygen atoms in total. The number of carbonyl (C=O) groups is 3. The fourth-order valence-corrected chi connectivity index (χ4v) is 5.02. The molecule has 180 valence electrons. The number of rotatable bonds is 14. The molecule has 31 heavy (non-hydrogen) atoms. The molecule has 0 aromatic carbocycles. The van der Waals surface area contributed by atoms with Crippen LogP contribution in [0.4, 0.5) is 4.79 Å². The van der Waals surface area contributed by atoms with Gasteiger partial charge in [0.05, 0.1) is 12.1 Å². The van der Waals surface area contributed by atoms with Crippen molar-refractivity contribution in [3.8, 4) is 0 Å². The zero-order valence-electron chi connectivity index (χ0n) is 18.5. The number of unbranched alkanes of at least 4 members (excludes halogenated alkanes) is 3. The van der Waals surface area contributed by atoms with Crippen molar-refractivity contribution in [1.29, 1.82) is 0 Å². The Morgan fingerprint density at radius 3 is 2.16 bits per heavy atom. The van der Waals surface area contributed by atoms with Crippen molar-refractivity contribution in [1.82, 2.24) is 21.3 Å². The van der Waals surface area contributed by atoms with E-state index in [2.05, 4.69) is 21.3 Å². The van der Waals surface area contributed by atoms with Crippen molar-refractivity contribution in [3.05, 3.63) is 0 Å². The van der Waals surface area contributed by atoms with Gasteiger partial charge in [-0.05, 0) is 25.7 Å². The van der Waals surface area contributed by atoms with E-state index >= 15 is 0 Å². The highest BCUT2D eigenvalue weighted by Crippen LogP contribution is 2.33. The molecule has 0 saturated carbocycles. The van der Waals surface area contributed by atoms with Crippen LogP contribution in [-0.4, -0.2) is 73.7 Å². The summed E-state index contributed by atoms with van der Waals surface area (Å²) < 4.78 is 0. The molecular formula is C20H41N7O3S. The molecule has 0 radical (unpaired) electrons. The number of thioether (sulfide) groups is 1. The van der Waals surface area contributed by atoms with Crippen molar-refractivity contribution in [2.75, 3.05) is 38.5 Å². The smallest absolute Gasteiger partial charge is 0.315 e. The van der Waals surface area contributed by atoms with Gasteiger partial charge < -0.3 is 38.5 Å². The van der Waals surface area contributed by atoms with E-state index in [1.165, 1.54) is 0 Å². The molecule has 0 bridgehead atoms. The Morgan fingerprint density at radius 2 is 1.52 bits per heavy atom. The predicted molar refractivity (Wildman–Crippen MR) is 126 cm³/mol. The molecule has 1 unspecified atom stereocenters. The van der Waals surface area contributed by atoms with E-state index in [-0.39, 0.29) is 29.9 Å². The number of urea groups is 1. The maximum atomic E-state index is 11.9. The number of nitrogens with one attached hydrogen (secondary N) is 4. The Hall–Kier alpha value is -1.56. The number of carbonyl (C=O) groups excluding carboxylic acids is 3. The molecule has 0 aromatic heterocycles. The molecule has 10 N–H and O–H groups in total. The Morgan fingerprint density at radius 1 is 0.871 bits per heavy atom. The van der Waals surface area contributed by atoms with Crippen molar-refractivity contribution < 1.29 is 14.4 Å². The lowest BCUT2D eigenvalue weighted by Gasteiger charge is -2.16. The SMILES string of the molecule is NCCN.NCCNC(=O)CCCCCNC(=O)CCCCC1SC[C@@H]2NC(=O)N[C@H]12. The monoisotopic (exact) mass is 459 g/mol. The lowest BCUT2D eigenvalue weighted by molar-refractivity contribution is -0.122. The van der Waals surface area contributed by atoms with Crippen LogP contribution in [0.1, 0.15) is 51.4 Å². The van der Waals surface area contributed by atoms with Gasteiger partial charge in [-0.3, -0.25) is 9.59 Å². The number of hydrogen-bond donors (Lipinski definition) is 7. The van der Waals surface area contributed by atoms with E-state index in [1.807, 2.05) is 11.8 Å². The van der Waals surface area contributed by atoms with Gasteiger partial charge in [-0.1, -0.05) is 12.8 Å². The lowest BCUT2D eigenvalue weighted by Crippen LogP contribution is -2.36. The minimum Gasteiger partial charge on any atom is -0.356 e. The summed E-state index contributed by atoms with van der Waals surface area (Å²) in [6, 6.07) is 0.460. The Balaban J connectivity index is 0.00000110. The first-order valence-electron chi connectivity index (χ1n) is 11.3. The van der Waals surface area contributed by atoms with Crippen LogP contribution in [0.15, 0.2) is 0 Å². The standard InChI is InChI=1S/C18H33N5O3S.C2H8N2/c19-9-11-21-16(25)7-2-1-5-10-20-15(24)8-4-3-6-14-17-13(12-27-14)22-18(26)23-17;3-1-2-4/h13-14,17H,1-12,19H2,(H,20,24)(H,21,25)(H2,22,23,26);1-4H2/t13-,14?,17-;/m0./s1. The van der Waals surface area contributed by atoms with E-state index in [0.717, 1.165) is 44.3 Å². The third-order valence-corrected chi connectivity index (χ3v) is 6.63. The minimum atomic E-state index is -0.0501. The molecule has 2 aliphatic heterocycles. The quantitative estimate of drug-likeness (QED) is 0.133. The molecule has 4 amide bonds. The number of amides is 4. The number of nitrogens with two attached hydrogens (primary N) is 3. The van der Waals surface area contributed by atoms with Gasteiger partial charge in [0.15, 0.2) is 0 Å².